The molecule has 2 aliphatic heterocycles. The first-order valence-electron chi connectivity index (χ1n) is 10.9. The zero-order chi connectivity index (χ0) is 23.3. The molecule has 174 valence electrons. The first-order valence-corrected chi connectivity index (χ1v) is 10.9. The number of carbonyl (C=O) groups is 2. The Morgan fingerprint density at radius 2 is 1.91 bits per heavy atom. The molecule has 4 atom stereocenters. The molecule has 0 radical (unpaired) electrons. The van der Waals surface area contributed by atoms with Gasteiger partial charge in [-0.1, -0.05) is 44.2 Å². The molecule has 0 aliphatic carbocycles. The lowest BCUT2D eigenvalue weighted by Gasteiger charge is -2.18. The summed E-state index contributed by atoms with van der Waals surface area (Å²) in [5, 5.41) is 0. The minimum atomic E-state index is -0.847. The third-order valence-electron chi connectivity index (χ3n) is 5.66. The lowest BCUT2D eigenvalue weighted by molar-refractivity contribution is -0.152. The Bertz CT molecular complexity index is 886. The van der Waals surface area contributed by atoms with Crippen molar-refractivity contribution in [3.8, 4) is 5.75 Å². The molecule has 1 aromatic rings. The maximum Gasteiger partial charge on any atom is 0.342 e. The first-order chi connectivity index (χ1) is 15.2. The fourth-order valence-corrected chi connectivity index (χ4v) is 3.69. The van der Waals surface area contributed by atoms with Crippen molar-refractivity contribution in [3.63, 3.8) is 0 Å². The Hall–Kier alpha value is -2.48. The predicted octanol–water partition coefficient (Wildman–Crippen LogP) is 4.16. The Kier molecular flexibility index (Phi) is 7.87. The molecule has 1 saturated heterocycles. The average Bonchev–Trinajstić information content (AvgIpc) is 3.07. The third kappa shape index (κ3) is 5.85. The Morgan fingerprint density at radius 1 is 1.12 bits per heavy atom. The van der Waals surface area contributed by atoms with Crippen LogP contribution in [0, 0.1) is 11.8 Å². The van der Waals surface area contributed by atoms with Gasteiger partial charge in [0.25, 0.3) is 0 Å². The van der Waals surface area contributed by atoms with Crippen molar-refractivity contribution in [2.45, 2.75) is 52.1 Å². The monoisotopic (exact) mass is 444 g/mol. The van der Waals surface area contributed by atoms with E-state index < -0.39 is 24.0 Å². The van der Waals surface area contributed by atoms with Gasteiger partial charge in [0.05, 0.1) is 12.7 Å². The van der Waals surface area contributed by atoms with Gasteiger partial charge in [0, 0.05) is 7.11 Å². The van der Waals surface area contributed by atoms with Crippen molar-refractivity contribution in [2.75, 3.05) is 20.5 Å². The van der Waals surface area contributed by atoms with E-state index in [0.717, 1.165) is 0 Å². The zero-order valence-corrected chi connectivity index (χ0v) is 19.3. The Balaban J connectivity index is 1.98. The van der Waals surface area contributed by atoms with E-state index in [4.69, 9.17) is 23.7 Å². The number of ether oxygens (including phenoxy) is 5. The molecule has 7 nitrogen and oxygen atoms in total. The van der Waals surface area contributed by atoms with Crippen LogP contribution in [0.5, 0.6) is 5.75 Å². The fourth-order valence-electron chi connectivity index (χ4n) is 3.69. The Morgan fingerprint density at radius 3 is 2.66 bits per heavy atom. The highest BCUT2D eigenvalue weighted by atomic mass is 16.8. The van der Waals surface area contributed by atoms with E-state index in [1.54, 1.807) is 32.1 Å². The predicted molar refractivity (Wildman–Crippen MR) is 119 cm³/mol. The maximum atomic E-state index is 13.0. The topological polar surface area (TPSA) is 80.3 Å². The smallest absolute Gasteiger partial charge is 0.342 e. The molecule has 32 heavy (non-hydrogen) atoms. The van der Waals surface area contributed by atoms with Crippen molar-refractivity contribution < 1.29 is 33.3 Å². The van der Waals surface area contributed by atoms with Gasteiger partial charge in [-0.05, 0) is 49.8 Å². The summed E-state index contributed by atoms with van der Waals surface area (Å²) in [6.45, 7) is 7.77. The van der Waals surface area contributed by atoms with Crippen LogP contribution >= 0.6 is 0 Å². The number of carbonyl (C=O) groups excluding carboxylic acids is 2. The second-order valence-electron chi connectivity index (χ2n) is 8.70. The number of methoxy groups -OCH3 is 1. The molecule has 2 heterocycles. The molecule has 0 amide bonds. The second kappa shape index (κ2) is 10.4. The molecule has 2 aliphatic rings. The summed E-state index contributed by atoms with van der Waals surface area (Å²) in [6, 6.07) is 5.33. The van der Waals surface area contributed by atoms with Crippen LogP contribution in [0.3, 0.4) is 0 Å². The molecule has 1 fully saturated rings. The largest absolute Gasteiger partial charge is 0.467 e. The number of hydrogen-bond acceptors (Lipinski definition) is 7. The molecule has 0 saturated carbocycles. The van der Waals surface area contributed by atoms with Crippen molar-refractivity contribution >= 4 is 17.8 Å². The average molecular weight is 445 g/mol. The molecule has 0 bridgehead atoms. The molecular weight excluding hydrogens is 412 g/mol. The molecule has 0 unspecified atom stereocenters. The summed E-state index contributed by atoms with van der Waals surface area (Å²) >= 11 is 0. The molecular formula is C25H32O7. The van der Waals surface area contributed by atoms with E-state index in [9.17, 15) is 9.59 Å². The highest BCUT2D eigenvalue weighted by molar-refractivity contribution is 5.97. The summed E-state index contributed by atoms with van der Waals surface area (Å²) in [6.07, 6.45) is 6.40. The van der Waals surface area contributed by atoms with Crippen LogP contribution in [0.1, 0.15) is 50.0 Å². The van der Waals surface area contributed by atoms with Gasteiger partial charge in [0.1, 0.15) is 17.4 Å². The van der Waals surface area contributed by atoms with Crippen LogP contribution in [0.25, 0.3) is 6.08 Å². The molecule has 3 rings (SSSR count). The number of esters is 1. The number of benzene rings is 1. The van der Waals surface area contributed by atoms with Crippen molar-refractivity contribution in [1.82, 2.24) is 0 Å². The molecule has 0 aromatic heterocycles. The second-order valence-corrected chi connectivity index (χ2v) is 8.70. The maximum absolute atomic E-state index is 13.0. The number of allylic oxidation sites excluding steroid dienone is 1. The van der Waals surface area contributed by atoms with Crippen LogP contribution in [-0.4, -0.2) is 50.3 Å². The number of rotatable bonds is 3. The molecule has 0 N–H and O–H groups in total. The van der Waals surface area contributed by atoms with Crippen molar-refractivity contribution in [3.05, 3.63) is 47.6 Å². The van der Waals surface area contributed by atoms with Crippen LogP contribution in [0.15, 0.2) is 36.4 Å². The van der Waals surface area contributed by atoms with Gasteiger partial charge in [0.2, 0.25) is 0 Å². The van der Waals surface area contributed by atoms with E-state index >= 15 is 0 Å². The van der Waals surface area contributed by atoms with Gasteiger partial charge < -0.3 is 23.7 Å². The van der Waals surface area contributed by atoms with Crippen molar-refractivity contribution in [1.29, 1.82) is 0 Å². The van der Waals surface area contributed by atoms with Crippen LogP contribution < -0.4 is 4.74 Å². The van der Waals surface area contributed by atoms with Gasteiger partial charge in [-0.3, -0.25) is 4.79 Å². The van der Waals surface area contributed by atoms with E-state index in [1.165, 1.54) is 7.11 Å². The van der Waals surface area contributed by atoms with Gasteiger partial charge in [0.15, 0.2) is 18.4 Å². The molecule has 0 spiro atoms. The van der Waals surface area contributed by atoms with Gasteiger partial charge in [-0.25, -0.2) is 4.79 Å². The fraction of sp³-hybridized carbons (Fsp3) is 0.520. The van der Waals surface area contributed by atoms with Gasteiger partial charge >= 0.3 is 5.97 Å². The lowest BCUT2D eigenvalue weighted by atomic mass is 9.95. The molecule has 7 heteroatoms. The lowest BCUT2D eigenvalue weighted by Crippen LogP contribution is -2.30. The van der Waals surface area contributed by atoms with E-state index in [1.807, 2.05) is 38.1 Å². The standard InChI is InChI=1S/C25H32O7/c1-16-12-13-19(26)23-21(31-25(3,4)32-23)11-7-9-18-8-6-10-20(30-15-28-5)22(18)24(27)29-14-17(16)2/h6-10,12-13,16-17,21,23H,11,14-15H2,1-5H3/b9-7?,13-12-/t16-,17+,21+,23-/m1/s1. The van der Waals surface area contributed by atoms with E-state index in [2.05, 4.69) is 0 Å². The SMILES string of the molecule is COCOc1cccc2c1C(=O)OC[C@H](C)[C@H](C)/C=C\C(=O)[C@H]1OC(C)(C)O[C@H]1CC=C2. The van der Waals surface area contributed by atoms with Crippen LogP contribution in [0.2, 0.25) is 0 Å². The number of cyclic esters (lactones) is 1. The quantitative estimate of drug-likeness (QED) is 0.511. The first kappa shape index (κ1) is 24.2. The normalized spacial score (nSPS) is 29.3. The van der Waals surface area contributed by atoms with Crippen molar-refractivity contribution in [2.24, 2.45) is 11.8 Å². The number of fused-ring (bicyclic) bond motifs is 2. The van der Waals surface area contributed by atoms with E-state index in [0.29, 0.717) is 23.3 Å². The third-order valence-corrected chi connectivity index (χ3v) is 5.66. The zero-order valence-electron chi connectivity index (χ0n) is 19.3. The minimum absolute atomic E-state index is 0.00663. The summed E-state index contributed by atoms with van der Waals surface area (Å²) in [5.74, 6) is -1.03. The van der Waals surface area contributed by atoms with Gasteiger partial charge in [-0.15, -0.1) is 0 Å². The van der Waals surface area contributed by atoms with Crippen LogP contribution in [0.4, 0.5) is 0 Å². The van der Waals surface area contributed by atoms with E-state index in [-0.39, 0.29) is 31.0 Å². The Labute approximate surface area is 189 Å². The van der Waals surface area contributed by atoms with Crippen LogP contribution in [-0.2, 0) is 23.7 Å². The summed E-state index contributed by atoms with van der Waals surface area (Å²) < 4.78 is 28.1. The highest BCUT2D eigenvalue weighted by Gasteiger charge is 2.43. The number of hydrogen-bond donors (Lipinski definition) is 0. The summed E-state index contributed by atoms with van der Waals surface area (Å²) in [7, 11) is 1.52. The number of ketones is 1. The summed E-state index contributed by atoms with van der Waals surface area (Å²) in [4.78, 5) is 25.8. The van der Waals surface area contributed by atoms with Gasteiger partial charge in [-0.2, -0.15) is 0 Å². The molecule has 1 aromatic carbocycles. The minimum Gasteiger partial charge on any atom is -0.467 e. The summed E-state index contributed by atoms with van der Waals surface area (Å²) in [5.41, 5.74) is 0.987. The highest BCUT2D eigenvalue weighted by Crippen LogP contribution is 2.32.